The van der Waals surface area contributed by atoms with E-state index in [9.17, 15) is 0 Å². The van der Waals surface area contributed by atoms with Gasteiger partial charge in [0.2, 0.25) is 0 Å². The first-order valence-corrected chi connectivity index (χ1v) is 3.69. The molecule has 3 unspecified atom stereocenters. The fraction of sp³-hybridized carbons (Fsp3) is 1.00. The second-order valence-electron chi connectivity index (χ2n) is 2.71. The molecule has 0 amide bonds. The minimum Gasteiger partial charge on any atom is -0.376 e. The van der Waals surface area contributed by atoms with Crippen molar-refractivity contribution in [2.75, 3.05) is 6.61 Å². The summed E-state index contributed by atoms with van der Waals surface area (Å²) in [5, 5.41) is 0. The molecule has 1 saturated carbocycles. The molecule has 0 aromatic heterocycles. The number of fused-ring (bicyclic) bond motifs is 1. The molecule has 2 aliphatic rings. The van der Waals surface area contributed by atoms with Gasteiger partial charge in [0.15, 0.2) is 0 Å². The van der Waals surface area contributed by atoms with E-state index < -0.39 is 0 Å². The van der Waals surface area contributed by atoms with Crippen molar-refractivity contribution in [2.45, 2.75) is 38.1 Å². The van der Waals surface area contributed by atoms with Crippen LogP contribution in [0.1, 0.15) is 19.8 Å². The molecule has 52 valence electrons. The Bertz CT molecular complexity index is 113. The van der Waals surface area contributed by atoms with Crippen LogP contribution in [-0.4, -0.2) is 24.9 Å². The van der Waals surface area contributed by atoms with Crippen molar-refractivity contribution < 1.29 is 9.47 Å². The van der Waals surface area contributed by atoms with Gasteiger partial charge in [-0.3, -0.25) is 0 Å². The van der Waals surface area contributed by atoms with E-state index in [1.807, 2.05) is 6.92 Å². The van der Waals surface area contributed by atoms with Gasteiger partial charge in [-0.15, -0.1) is 0 Å². The van der Waals surface area contributed by atoms with Gasteiger partial charge in [0.1, 0.15) is 6.10 Å². The maximum atomic E-state index is 5.43. The summed E-state index contributed by atoms with van der Waals surface area (Å²) in [6.07, 6.45) is 3.91. The van der Waals surface area contributed by atoms with Gasteiger partial charge in [0, 0.05) is 6.61 Å². The van der Waals surface area contributed by atoms with Crippen LogP contribution in [0.2, 0.25) is 0 Å². The summed E-state index contributed by atoms with van der Waals surface area (Å²) in [6, 6.07) is 0. The monoisotopic (exact) mass is 128 g/mol. The number of epoxide rings is 1. The van der Waals surface area contributed by atoms with E-state index in [1.165, 1.54) is 12.8 Å². The molecular weight excluding hydrogens is 116 g/mol. The van der Waals surface area contributed by atoms with Gasteiger partial charge in [-0.1, -0.05) is 0 Å². The molecule has 1 aliphatic carbocycles. The largest absolute Gasteiger partial charge is 0.376 e. The zero-order chi connectivity index (χ0) is 6.27. The lowest BCUT2D eigenvalue weighted by Gasteiger charge is -2.08. The van der Waals surface area contributed by atoms with Crippen LogP contribution < -0.4 is 0 Å². The van der Waals surface area contributed by atoms with Crippen LogP contribution in [0, 0.1) is 0 Å². The van der Waals surface area contributed by atoms with Crippen LogP contribution in [0.4, 0.5) is 0 Å². The SMILES string of the molecule is CCOC1CCC2OC12. The van der Waals surface area contributed by atoms with Gasteiger partial charge < -0.3 is 9.47 Å². The smallest absolute Gasteiger partial charge is 0.110 e. The second kappa shape index (κ2) is 1.96. The molecule has 0 aromatic carbocycles. The molecule has 3 atom stereocenters. The molecule has 2 rings (SSSR count). The summed E-state index contributed by atoms with van der Waals surface area (Å²) in [6.45, 7) is 2.87. The molecule has 0 aromatic rings. The first-order valence-electron chi connectivity index (χ1n) is 3.69. The van der Waals surface area contributed by atoms with Crippen LogP contribution in [-0.2, 0) is 9.47 Å². The maximum absolute atomic E-state index is 5.43. The normalized spacial score (nSPS) is 47.0. The van der Waals surface area contributed by atoms with Crippen LogP contribution in [0.5, 0.6) is 0 Å². The van der Waals surface area contributed by atoms with Crippen molar-refractivity contribution in [1.82, 2.24) is 0 Å². The summed E-state index contributed by atoms with van der Waals surface area (Å²) in [5.74, 6) is 0. The summed E-state index contributed by atoms with van der Waals surface area (Å²) in [4.78, 5) is 0. The molecule has 0 spiro atoms. The van der Waals surface area contributed by atoms with E-state index >= 15 is 0 Å². The number of hydrogen-bond donors (Lipinski definition) is 0. The van der Waals surface area contributed by atoms with E-state index in [2.05, 4.69) is 0 Å². The van der Waals surface area contributed by atoms with Gasteiger partial charge in [-0.25, -0.2) is 0 Å². The lowest BCUT2D eigenvalue weighted by atomic mass is 10.3. The molecule has 2 heteroatoms. The Morgan fingerprint density at radius 1 is 1.56 bits per heavy atom. The Labute approximate surface area is 55.1 Å². The first kappa shape index (κ1) is 5.69. The van der Waals surface area contributed by atoms with E-state index in [0.717, 1.165) is 6.61 Å². The third-order valence-electron chi connectivity index (χ3n) is 2.10. The van der Waals surface area contributed by atoms with Crippen LogP contribution in [0.25, 0.3) is 0 Å². The Morgan fingerprint density at radius 3 is 2.89 bits per heavy atom. The minimum atomic E-state index is 0.431. The molecule has 1 saturated heterocycles. The van der Waals surface area contributed by atoms with Crippen molar-refractivity contribution >= 4 is 0 Å². The van der Waals surface area contributed by atoms with E-state index in [1.54, 1.807) is 0 Å². The zero-order valence-corrected chi connectivity index (χ0v) is 5.67. The molecule has 1 aliphatic heterocycles. The Balaban J connectivity index is 1.84. The number of ether oxygens (including phenoxy) is 2. The molecular formula is C7H12O2. The fourth-order valence-electron chi connectivity index (χ4n) is 1.60. The topological polar surface area (TPSA) is 21.8 Å². The third-order valence-corrected chi connectivity index (χ3v) is 2.10. The number of rotatable bonds is 2. The molecule has 0 N–H and O–H groups in total. The van der Waals surface area contributed by atoms with E-state index in [4.69, 9.17) is 9.47 Å². The number of hydrogen-bond acceptors (Lipinski definition) is 2. The molecule has 0 radical (unpaired) electrons. The molecule has 1 heterocycles. The maximum Gasteiger partial charge on any atom is 0.110 e. The standard InChI is InChI=1S/C7H12O2/c1-2-8-5-3-4-6-7(5)9-6/h5-7H,2-4H2,1H3. The average Bonchev–Trinajstić information content (AvgIpc) is 2.54. The highest BCUT2D eigenvalue weighted by atomic mass is 16.6. The van der Waals surface area contributed by atoms with Gasteiger partial charge in [-0.2, -0.15) is 0 Å². The minimum absolute atomic E-state index is 0.431. The second-order valence-corrected chi connectivity index (χ2v) is 2.71. The fourth-order valence-corrected chi connectivity index (χ4v) is 1.60. The summed E-state index contributed by atoms with van der Waals surface area (Å²) >= 11 is 0. The summed E-state index contributed by atoms with van der Waals surface area (Å²) < 4.78 is 10.7. The van der Waals surface area contributed by atoms with Crippen molar-refractivity contribution in [3.05, 3.63) is 0 Å². The molecule has 2 nitrogen and oxygen atoms in total. The predicted molar refractivity (Wildman–Crippen MR) is 33.3 cm³/mol. The van der Waals surface area contributed by atoms with Gasteiger partial charge in [-0.05, 0) is 19.8 Å². The lowest BCUT2D eigenvalue weighted by molar-refractivity contribution is 0.0350. The Hall–Kier alpha value is -0.0800. The van der Waals surface area contributed by atoms with Gasteiger partial charge in [0.25, 0.3) is 0 Å². The quantitative estimate of drug-likeness (QED) is 0.516. The third kappa shape index (κ3) is 0.864. The highest BCUT2D eigenvalue weighted by molar-refractivity contribution is 4.98. The van der Waals surface area contributed by atoms with E-state index in [-0.39, 0.29) is 0 Å². The highest BCUT2D eigenvalue weighted by Crippen LogP contribution is 2.39. The summed E-state index contributed by atoms with van der Waals surface area (Å²) in [7, 11) is 0. The highest BCUT2D eigenvalue weighted by Gasteiger charge is 2.50. The predicted octanol–water partition coefficient (Wildman–Crippen LogP) is 0.953. The first-order chi connectivity index (χ1) is 4.42. The van der Waals surface area contributed by atoms with E-state index in [0.29, 0.717) is 18.3 Å². The average molecular weight is 128 g/mol. The van der Waals surface area contributed by atoms with Crippen molar-refractivity contribution in [1.29, 1.82) is 0 Å². The van der Waals surface area contributed by atoms with Gasteiger partial charge in [0.05, 0.1) is 12.2 Å². The summed E-state index contributed by atoms with van der Waals surface area (Å²) in [5.41, 5.74) is 0. The van der Waals surface area contributed by atoms with Crippen LogP contribution in [0.15, 0.2) is 0 Å². The van der Waals surface area contributed by atoms with Crippen molar-refractivity contribution in [3.63, 3.8) is 0 Å². The molecule has 0 bridgehead atoms. The van der Waals surface area contributed by atoms with Crippen molar-refractivity contribution in [3.8, 4) is 0 Å². The molecule has 9 heavy (non-hydrogen) atoms. The van der Waals surface area contributed by atoms with Crippen molar-refractivity contribution in [2.24, 2.45) is 0 Å². The lowest BCUT2D eigenvalue weighted by Crippen LogP contribution is -2.15. The zero-order valence-electron chi connectivity index (χ0n) is 5.67. The Kier molecular flexibility index (Phi) is 1.24. The Morgan fingerprint density at radius 2 is 2.44 bits per heavy atom. The van der Waals surface area contributed by atoms with Crippen LogP contribution >= 0.6 is 0 Å². The van der Waals surface area contributed by atoms with Crippen LogP contribution in [0.3, 0.4) is 0 Å². The van der Waals surface area contributed by atoms with Gasteiger partial charge >= 0.3 is 0 Å². The molecule has 2 fully saturated rings.